The third-order valence-corrected chi connectivity index (χ3v) is 8.66. The Kier molecular flexibility index (Phi) is 6.68. The number of carbonyl (C=O) groups is 1. The Bertz CT molecular complexity index is 1270. The Morgan fingerprint density at radius 3 is 2.32 bits per heavy atom. The number of pyridine rings is 1. The van der Waals surface area contributed by atoms with Crippen molar-refractivity contribution >= 4 is 22.9 Å². The first-order valence-corrected chi connectivity index (χ1v) is 13.9. The first kappa shape index (κ1) is 25.0. The number of hydrogen-bond acceptors (Lipinski definition) is 6. The van der Waals surface area contributed by atoms with Gasteiger partial charge < -0.3 is 15.0 Å². The molecule has 38 heavy (non-hydrogen) atoms. The van der Waals surface area contributed by atoms with Gasteiger partial charge in [0.1, 0.15) is 0 Å². The van der Waals surface area contributed by atoms with E-state index in [9.17, 15) is 4.79 Å². The van der Waals surface area contributed by atoms with Crippen LogP contribution in [0.2, 0.25) is 0 Å². The van der Waals surface area contributed by atoms with Crippen LogP contribution in [0.25, 0.3) is 22.2 Å². The summed E-state index contributed by atoms with van der Waals surface area (Å²) >= 11 is 0. The molecule has 4 aliphatic rings. The van der Waals surface area contributed by atoms with Gasteiger partial charge in [0.05, 0.1) is 23.8 Å². The zero-order valence-electron chi connectivity index (χ0n) is 22.7. The number of ether oxygens (including phenoxy) is 1. The lowest BCUT2D eigenvalue weighted by Gasteiger charge is -2.57. The SMILES string of the molecule is CN(C)CCCOc1ccc(-c2ccc3ncc(N(C)C(=O)NC45CC6CC(CC(C6)C4)C5)nc3c2)cn1. The monoisotopic (exact) mass is 514 g/mol. The topological polar surface area (TPSA) is 83.5 Å². The van der Waals surface area contributed by atoms with Crippen LogP contribution in [0.4, 0.5) is 10.6 Å². The van der Waals surface area contributed by atoms with Gasteiger partial charge in [-0.1, -0.05) is 6.07 Å². The summed E-state index contributed by atoms with van der Waals surface area (Å²) in [6.07, 6.45) is 11.9. The molecule has 7 rings (SSSR count). The van der Waals surface area contributed by atoms with Crippen molar-refractivity contribution < 1.29 is 9.53 Å². The third kappa shape index (κ3) is 5.19. The van der Waals surface area contributed by atoms with Gasteiger partial charge in [-0.3, -0.25) is 9.88 Å². The van der Waals surface area contributed by atoms with Gasteiger partial charge >= 0.3 is 6.03 Å². The van der Waals surface area contributed by atoms with Gasteiger partial charge in [0.2, 0.25) is 5.88 Å². The molecule has 4 bridgehead atoms. The molecule has 2 amide bonds. The van der Waals surface area contributed by atoms with E-state index in [4.69, 9.17) is 9.72 Å². The van der Waals surface area contributed by atoms with Crippen LogP contribution in [0.1, 0.15) is 44.9 Å². The van der Waals surface area contributed by atoms with Crippen LogP contribution in [0.15, 0.2) is 42.7 Å². The van der Waals surface area contributed by atoms with Crippen LogP contribution in [-0.2, 0) is 0 Å². The van der Waals surface area contributed by atoms with E-state index in [2.05, 4.69) is 34.3 Å². The first-order valence-electron chi connectivity index (χ1n) is 13.9. The normalized spacial score (nSPS) is 25.6. The third-order valence-electron chi connectivity index (χ3n) is 8.66. The van der Waals surface area contributed by atoms with Crippen LogP contribution < -0.4 is 15.0 Å². The summed E-state index contributed by atoms with van der Waals surface area (Å²) < 4.78 is 5.77. The molecule has 2 heterocycles. The minimum absolute atomic E-state index is 0.0350. The molecule has 4 saturated carbocycles. The Morgan fingerprint density at radius 2 is 1.66 bits per heavy atom. The Labute approximate surface area is 224 Å². The van der Waals surface area contributed by atoms with Crippen molar-refractivity contribution in [3.05, 3.63) is 42.7 Å². The second-order valence-electron chi connectivity index (χ2n) is 12.0. The maximum Gasteiger partial charge on any atom is 0.323 e. The minimum Gasteiger partial charge on any atom is -0.478 e. The number of urea groups is 1. The number of amides is 2. The van der Waals surface area contributed by atoms with Crippen LogP contribution in [0.5, 0.6) is 5.88 Å². The molecule has 0 saturated heterocycles. The number of hydrogen-bond donors (Lipinski definition) is 1. The summed E-state index contributed by atoms with van der Waals surface area (Å²) in [5, 5.41) is 3.43. The molecule has 0 radical (unpaired) electrons. The lowest BCUT2D eigenvalue weighted by Crippen LogP contribution is -2.61. The number of nitrogens with zero attached hydrogens (tertiary/aromatic N) is 5. The highest BCUT2D eigenvalue weighted by molar-refractivity contribution is 5.92. The molecular weight excluding hydrogens is 476 g/mol. The lowest BCUT2D eigenvalue weighted by atomic mass is 9.53. The summed E-state index contributed by atoms with van der Waals surface area (Å²) in [5.74, 6) is 3.52. The Balaban J connectivity index is 1.14. The molecule has 4 fully saturated rings. The molecule has 8 heteroatoms. The Hall–Kier alpha value is -3.26. The summed E-state index contributed by atoms with van der Waals surface area (Å²) in [6.45, 7) is 1.63. The van der Waals surface area contributed by atoms with Crippen molar-refractivity contribution in [2.75, 3.05) is 39.2 Å². The van der Waals surface area contributed by atoms with Gasteiger partial charge in [0.15, 0.2) is 5.82 Å². The van der Waals surface area contributed by atoms with Crippen molar-refractivity contribution in [1.82, 2.24) is 25.2 Å². The van der Waals surface area contributed by atoms with Gasteiger partial charge in [-0.2, -0.15) is 0 Å². The van der Waals surface area contributed by atoms with E-state index in [0.29, 0.717) is 18.3 Å². The minimum atomic E-state index is -0.0814. The van der Waals surface area contributed by atoms with E-state index in [0.717, 1.165) is 72.1 Å². The predicted octanol–water partition coefficient (Wildman–Crippen LogP) is 5.14. The van der Waals surface area contributed by atoms with E-state index in [1.165, 1.54) is 19.3 Å². The standard InChI is InChI=1S/C30H38N6O2/c1-35(2)9-4-10-38-28-8-6-24(18-32-28)23-5-7-25-26(14-23)33-27(19-31-25)36(3)29(37)34-30-15-20-11-21(16-30)13-22(12-20)17-30/h5-8,14,18-22H,4,9-13,15-17H2,1-3H3,(H,34,37). The molecule has 2 aromatic heterocycles. The summed E-state index contributed by atoms with van der Waals surface area (Å²) in [6, 6.07) is 9.82. The fraction of sp³-hybridized carbons (Fsp3) is 0.533. The van der Waals surface area contributed by atoms with Crippen molar-refractivity contribution in [2.45, 2.75) is 50.5 Å². The van der Waals surface area contributed by atoms with Crippen LogP contribution in [-0.4, -0.2) is 65.7 Å². The van der Waals surface area contributed by atoms with Crippen molar-refractivity contribution in [3.63, 3.8) is 0 Å². The molecule has 4 aliphatic carbocycles. The largest absolute Gasteiger partial charge is 0.478 e. The second-order valence-corrected chi connectivity index (χ2v) is 12.0. The molecular formula is C30H38N6O2. The highest BCUT2D eigenvalue weighted by atomic mass is 16.5. The highest BCUT2D eigenvalue weighted by Gasteiger charge is 2.51. The van der Waals surface area contributed by atoms with Gasteiger partial charge in [0, 0.05) is 37.0 Å². The van der Waals surface area contributed by atoms with Crippen molar-refractivity contribution in [3.8, 4) is 17.0 Å². The van der Waals surface area contributed by atoms with Crippen molar-refractivity contribution in [2.24, 2.45) is 17.8 Å². The predicted molar refractivity (Wildman–Crippen MR) is 149 cm³/mol. The molecule has 3 aromatic rings. The first-order chi connectivity index (χ1) is 18.4. The smallest absolute Gasteiger partial charge is 0.323 e. The van der Waals surface area contributed by atoms with Gasteiger partial charge in [0.25, 0.3) is 0 Å². The lowest BCUT2D eigenvalue weighted by molar-refractivity contribution is -0.0130. The van der Waals surface area contributed by atoms with E-state index in [-0.39, 0.29) is 11.6 Å². The highest BCUT2D eigenvalue weighted by Crippen LogP contribution is 2.55. The summed E-state index contributed by atoms with van der Waals surface area (Å²) in [5.41, 5.74) is 3.48. The average Bonchev–Trinajstić information content (AvgIpc) is 2.89. The number of fused-ring (bicyclic) bond motifs is 1. The van der Waals surface area contributed by atoms with E-state index >= 15 is 0 Å². The van der Waals surface area contributed by atoms with Gasteiger partial charge in [-0.05, 0) is 101 Å². The number of aromatic nitrogens is 3. The van der Waals surface area contributed by atoms with E-state index in [1.807, 2.05) is 36.5 Å². The number of carbonyl (C=O) groups excluding carboxylic acids is 1. The maximum absolute atomic E-state index is 13.3. The molecule has 0 unspecified atom stereocenters. The van der Waals surface area contributed by atoms with E-state index < -0.39 is 0 Å². The van der Waals surface area contributed by atoms with Crippen LogP contribution in [0.3, 0.4) is 0 Å². The van der Waals surface area contributed by atoms with Crippen LogP contribution >= 0.6 is 0 Å². The number of rotatable bonds is 8. The molecule has 1 N–H and O–H groups in total. The number of anilines is 1. The van der Waals surface area contributed by atoms with Gasteiger partial charge in [-0.15, -0.1) is 0 Å². The fourth-order valence-corrected chi connectivity index (χ4v) is 7.22. The second kappa shape index (κ2) is 10.1. The van der Waals surface area contributed by atoms with E-state index in [1.54, 1.807) is 18.1 Å². The Morgan fingerprint density at radius 1 is 0.947 bits per heavy atom. The quantitative estimate of drug-likeness (QED) is 0.419. The summed E-state index contributed by atoms with van der Waals surface area (Å²) in [7, 11) is 5.90. The molecule has 0 atom stereocenters. The molecule has 8 nitrogen and oxygen atoms in total. The molecule has 0 spiro atoms. The average molecular weight is 515 g/mol. The summed E-state index contributed by atoms with van der Waals surface area (Å²) in [4.78, 5) is 31.0. The molecule has 200 valence electrons. The zero-order chi connectivity index (χ0) is 26.3. The fourth-order valence-electron chi connectivity index (χ4n) is 7.22. The van der Waals surface area contributed by atoms with Gasteiger partial charge in [-0.25, -0.2) is 14.8 Å². The van der Waals surface area contributed by atoms with Crippen LogP contribution in [0, 0.1) is 17.8 Å². The number of nitrogens with one attached hydrogen (secondary N) is 1. The van der Waals surface area contributed by atoms with Crippen molar-refractivity contribution in [1.29, 1.82) is 0 Å². The number of benzene rings is 1. The molecule has 0 aliphatic heterocycles. The zero-order valence-corrected chi connectivity index (χ0v) is 22.7. The maximum atomic E-state index is 13.3. The molecule has 1 aromatic carbocycles.